The maximum Gasteiger partial charge on any atom is 3.00 e. The van der Waals surface area contributed by atoms with Crippen molar-refractivity contribution in [2.45, 2.75) is 0 Å². The fourth-order valence-electron chi connectivity index (χ4n) is 0. The molecule has 0 aliphatic carbocycles. The summed E-state index contributed by atoms with van der Waals surface area (Å²) in [5.41, 5.74) is 25.1. The summed E-state index contributed by atoms with van der Waals surface area (Å²) in [7, 11) is 0. The SMILES string of the molecule is N#C[S-].O=NO.O=N[O-].[Co+3].[NH-]CC[NH-].[NH-]CC[NH-]. The van der Waals surface area contributed by atoms with Crippen molar-refractivity contribution in [2.75, 3.05) is 26.2 Å². The van der Waals surface area contributed by atoms with E-state index in [1.54, 1.807) is 0 Å². The van der Waals surface area contributed by atoms with Gasteiger partial charge in [0.15, 0.2) is 5.34 Å². The second-order valence-corrected chi connectivity index (χ2v) is 1.43. The van der Waals surface area contributed by atoms with Crippen molar-refractivity contribution >= 4 is 12.6 Å². The van der Waals surface area contributed by atoms with E-state index in [1.165, 1.54) is 10.7 Å². The van der Waals surface area contributed by atoms with Crippen molar-refractivity contribution in [3.8, 4) is 5.40 Å². The van der Waals surface area contributed by atoms with E-state index >= 15 is 0 Å². The van der Waals surface area contributed by atoms with Crippen LogP contribution in [0.1, 0.15) is 0 Å². The van der Waals surface area contributed by atoms with E-state index in [4.69, 9.17) is 48.4 Å². The Morgan fingerprint density at radius 2 is 1.17 bits per heavy atom. The number of nitrogens with zero attached hydrogens (tertiary/aromatic N) is 3. The Morgan fingerprint density at radius 3 is 1.17 bits per heavy atom. The van der Waals surface area contributed by atoms with Gasteiger partial charge >= 0.3 is 16.8 Å². The number of rotatable bonds is 2. The first-order valence-electron chi connectivity index (χ1n) is 3.59. The molecule has 0 aromatic carbocycles. The van der Waals surface area contributed by atoms with E-state index in [1.807, 2.05) is 0 Å². The van der Waals surface area contributed by atoms with Gasteiger partial charge < -0.3 is 50.9 Å². The maximum atomic E-state index is 8.11. The Morgan fingerprint density at radius 1 is 1.11 bits per heavy atom. The fourth-order valence-corrected chi connectivity index (χ4v) is 0. The minimum absolute atomic E-state index is 0. The molecule has 0 saturated carbocycles. The van der Waals surface area contributed by atoms with E-state index in [0.29, 0.717) is 0 Å². The normalized spacial score (nSPS) is 5.06. The average molecular weight is 326 g/mol. The molecule has 0 amide bonds. The van der Waals surface area contributed by atoms with Gasteiger partial charge in [0, 0.05) is 0 Å². The number of nitriles is 1. The molecule has 0 aliphatic heterocycles. The van der Waals surface area contributed by atoms with Crippen molar-refractivity contribution < 1.29 is 22.0 Å². The zero-order valence-electron chi connectivity index (χ0n) is 9.08. The largest absolute Gasteiger partial charge is 3.00 e. The Kier molecular flexibility index (Phi) is 204. The minimum atomic E-state index is 0. The van der Waals surface area contributed by atoms with Crippen molar-refractivity contribution in [2.24, 2.45) is 10.7 Å². The number of thiocyanates is 1. The van der Waals surface area contributed by atoms with Crippen LogP contribution in [0.4, 0.5) is 0 Å². The van der Waals surface area contributed by atoms with Crippen LogP contribution in [0.3, 0.4) is 0 Å². The van der Waals surface area contributed by atoms with Crippen LogP contribution in [0.25, 0.3) is 22.9 Å². The molecule has 0 radical (unpaired) electrons. The van der Waals surface area contributed by atoms with Crippen LogP contribution < -0.4 is 0 Å². The summed E-state index contributed by atoms with van der Waals surface area (Å²) >= 11 is 3.70. The molecule has 0 aromatic heterocycles. The van der Waals surface area contributed by atoms with Gasteiger partial charge in [-0.3, -0.25) is 0 Å². The van der Waals surface area contributed by atoms with E-state index in [2.05, 4.69) is 12.6 Å². The van der Waals surface area contributed by atoms with E-state index in [-0.39, 0.29) is 43.0 Å². The van der Waals surface area contributed by atoms with Gasteiger partial charge in [-0.1, -0.05) is 5.40 Å². The summed E-state index contributed by atoms with van der Waals surface area (Å²) in [5.74, 6) is 0. The fraction of sp³-hybridized carbons (Fsp3) is 0.800. The molecule has 0 heterocycles. The Labute approximate surface area is 120 Å². The van der Waals surface area contributed by atoms with Crippen molar-refractivity contribution in [1.29, 1.82) is 5.26 Å². The van der Waals surface area contributed by atoms with Crippen LogP contribution in [0.5, 0.6) is 0 Å². The summed E-state index contributed by atoms with van der Waals surface area (Å²) in [6.07, 6.45) is 0. The standard InChI is InChI=1S/2C2H6N2.CHNS.Co.2HNO2/c2*3-1-2-4;2-1-3;;2*2-1-3/h2*3-4H,1-2H2;3H;;2*(H,2,3)/q2*-2;;+3;;/p-2. The summed E-state index contributed by atoms with van der Waals surface area (Å²) in [6.45, 7) is 0.944. The van der Waals surface area contributed by atoms with Crippen molar-refractivity contribution in [3.63, 3.8) is 0 Å². The van der Waals surface area contributed by atoms with Crippen molar-refractivity contribution in [1.82, 2.24) is 0 Å². The molecule has 0 bridgehead atoms. The first-order chi connectivity index (χ1) is 8.07. The van der Waals surface area contributed by atoms with Crippen LogP contribution in [0.2, 0.25) is 0 Å². The third-order valence-electron chi connectivity index (χ3n) is 0.250. The predicted octanol–water partition coefficient (Wildman–Crippen LogP) is 2.59. The van der Waals surface area contributed by atoms with Crippen LogP contribution in [-0.4, -0.2) is 31.4 Å². The topological polar surface area (TPSA) is 221 Å². The molecule has 13 heteroatoms. The molecule has 18 heavy (non-hydrogen) atoms. The molecule has 5 N–H and O–H groups in total. The second-order valence-electron chi connectivity index (χ2n) is 1.25. The third kappa shape index (κ3) is 3890. The summed E-state index contributed by atoms with van der Waals surface area (Å²) in [4.78, 5) is 16.1. The zero-order valence-corrected chi connectivity index (χ0v) is 10.9. The van der Waals surface area contributed by atoms with Crippen LogP contribution >= 0.6 is 0 Å². The van der Waals surface area contributed by atoms with Gasteiger partial charge in [0.05, 0.1) is 0 Å². The van der Waals surface area contributed by atoms with Gasteiger partial charge in [-0.25, -0.2) is 5.26 Å². The molecule has 0 aliphatic rings. The first-order valence-corrected chi connectivity index (χ1v) is 4.00. The van der Waals surface area contributed by atoms with Gasteiger partial charge in [0.25, 0.3) is 0 Å². The molecule has 11 nitrogen and oxygen atoms in total. The van der Waals surface area contributed by atoms with Crippen LogP contribution in [0, 0.1) is 25.7 Å². The summed E-state index contributed by atoms with van der Waals surface area (Å²) in [6, 6.07) is 0. The molecular formula is C5H13CoN7O4S-3. The van der Waals surface area contributed by atoms with Gasteiger partial charge in [-0.2, -0.15) is 26.2 Å². The first kappa shape index (κ1) is 36.0. The molecule has 110 valence electrons. The number of hydrogen-bond donors (Lipinski definition) is 1. The molecule has 0 rings (SSSR count). The van der Waals surface area contributed by atoms with Crippen LogP contribution in [-0.2, 0) is 29.4 Å². The Balaban J connectivity index is -0.0000000249. The van der Waals surface area contributed by atoms with E-state index < -0.39 is 0 Å². The number of hydrogen-bond acceptors (Lipinski definition) is 7. The van der Waals surface area contributed by atoms with Gasteiger partial charge in [-0.15, -0.1) is 10.2 Å². The Bertz CT molecular complexity index is 136. The summed E-state index contributed by atoms with van der Waals surface area (Å²) in [5, 5.41) is 25.4. The van der Waals surface area contributed by atoms with Crippen LogP contribution in [0.15, 0.2) is 10.7 Å². The molecule has 0 aromatic rings. The molecule has 0 unspecified atom stereocenters. The summed E-state index contributed by atoms with van der Waals surface area (Å²) < 4.78 is 0. The zero-order chi connectivity index (χ0) is 14.9. The molecular weight excluding hydrogens is 313 g/mol. The van der Waals surface area contributed by atoms with Gasteiger partial charge in [-0.05, 0) is 0 Å². The quantitative estimate of drug-likeness (QED) is 0.347. The minimum Gasteiger partial charge on any atom is -0.696 e. The maximum absolute atomic E-state index is 8.11. The van der Waals surface area contributed by atoms with Gasteiger partial charge in [0.1, 0.15) is 0 Å². The molecule has 0 fully saturated rings. The van der Waals surface area contributed by atoms with Gasteiger partial charge in [0.2, 0.25) is 0 Å². The average Bonchev–Trinajstić information content (AvgIpc) is 2.32. The monoisotopic (exact) mass is 326 g/mol. The smallest absolute Gasteiger partial charge is 0.696 e. The molecule has 0 saturated heterocycles. The predicted molar refractivity (Wildman–Crippen MR) is 66.5 cm³/mol. The van der Waals surface area contributed by atoms with E-state index in [0.717, 1.165) is 5.34 Å². The second kappa shape index (κ2) is 102. The third-order valence-corrected chi connectivity index (χ3v) is 0.250. The molecule has 0 atom stereocenters. The number of nitrogens with one attached hydrogen (secondary N) is 4. The molecule has 0 spiro atoms. The van der Waals surface area contributed by atoms with Crippen molar-refractivity contribution in [3.05, 3.63) is 38.0 Å². The van der Waals surface area contributed by atoms with E-state index in [9.17, 15) is 0 Å². The Hall–Kier alpha value is -1.14.